The summed E-state index contributed by atoms with van der Waals surface area (Å²) in [5.74, 6) is -2.68. The Bertz CT molecular complexity index is 340. The molecule has 0 fully saturated rings. The molecule has 0 aromatic carbocycles. The van der Waals surface area contributed by atoms with Crippen molar-refractivity contribution in [3.05, 3.63) is 12.2 Å². The normalized spacial score (nSPS) is 11.4. The quantitative estimate of drug-likeness (QED) is 0.576. The first-order valence-electron chi connectivity index (χ1n) is 4.84. The van der Waals surface area contributed by atoms with E-state index < -0.39 is 30.4 Å². The van der Waals surface area contributed by atoms with E-state index in [0.29, 0.717) is 0 Å². The van der Waals surface area contributed by atoms with E-state index in [9.17, 15) is 14.4 Å². The number of aliphatic carboxylic acids is 2. The van der Waals surface area contributed by atoms with Gasteiger partial charge in [-0.15, -0.1) is 0 Å². The van der Waals surface area contributed by atoms with Gasteiger partial charge in [0.25, 0.3) is 0 Å². The predicted octanol–water partition coefficient (Wildman–Crippen LogP) is 0.132. The van der Waals surface area contributed by atoms with Crippen molar-refractivity contribution in [3.63, 3.8) is 0 Å². The number of carbonyl (C=O) groups excluding carboxylic acids is 1. The van der Waals surface area contributed by atoms with Crippen LogP contribution in [0.1, 0.15) is 13.3 Å². The maximum Gasteiger partial charge on any atom is 0.326 e. The molecule has 0 heterocycles. The summed E-state index contributed by atoms with van der Waals surface area (Å²) in [6.45, 7) is 5.60. The Hall–Kier alpha value is -2.05. The van der Waals surface area contributed by atoms with Crippen LogP contribution in [0, 0.1) is 0 Å². The molecule has 0 saturated heterocycles. The third-order valence-corrected chi connectivity index (χ3v) is 1.83. The van der Waals surface area contributed by atoms with Crippen LogP contribution in [0.5, 0.6) is 0 Å². The molecule has 0 aromatic heterocycles. The number of urea groups is 1. The van der Waals surface area contributed by atoms with Crippen LogP contribution in [-0.4, -0.2) is 52.7 Å². The molecule has 1 atom stereocenters. The largest absolute Gasteiger partial charge is 0.481 e. The first-order chi connectivity index (χ1) is 7.73. The average Bonchev–Trinajstić information content (AvgIpc) is 2.14. The first kappa shape index (κ1) is 14.9. The molecular formula is C10H16N2O5. The summed E-state index contributed by atoms with van der Waals surface area (Å²) in [7, 11) is 1.46. The zero-order valence-electron chi connectivity index (χ0n) is 9.77. The summed E-state index contributed by atoms with van der Waals surface area (Å²) in [4.78, 5) is 33.8. The van der Waals surface area contributed by atoms with E-state index in [2.05, 4.69) is 11.9 Å². The number of amides is 2. The molecular weight excluding hydrogens is 228 g/mol. The molecule has 0 saturated carbocycles. The fourth-order valence-corrected chi connectivity index (χ4v) is 1.11. The Morgan fingerprint density at radius 1 is 1.35 bits per heavy atom. The average molecular weight is 244 g/mol. The first-order valence-corrected chi connectivity index (χ1v) is 4.84. The molecule has 0 unspecified atom stereocenters. The number of carboxylic acid groups (broad SMARTS) is 2. The van der Waals surface area contributed by atoms with Crippen molar-refractivity contribution in [1.29, 1.82) is 0 Å². The van der Waals surface area contributed by atoms with Gasteiger partial charge in [-0.05, 0) is 6.92 Å². The lowest BCUT2D eigenvalue weighted by Crippen LogP contribution is -2.47. The van der Waals surface area contributed by atoms with E-state index in [-0.39, 0.29) is 6.54 Å². The SMILES string of the molecule is C=C(C)CN(C)C(=O)N[C@H](CC(=O)O)C(=O)O. The van der Waals surface area contributed by atoms with Crippen LogP contribution in [0.25, 0.3) is 0 Å². The van der Waals surface area contributed by atoms with Gasteiger partial charge in [0.1, 0.15) is 6.04 Å². The molecule has 0 bridgehead atoms. The van der Waals surface area contributed by atoms with E-state index >= 15 is 0 Å². The highest BCUT2D eigenvalue weighted by molar-refractivity contribution is 5.86. The van der Waals surface area contributed by atoms with Gasteiger partial charge < -0.3 is 20.4 Å². The fourth-order valence-electron chi connectivity index (χ4n) is 1.11. The van der Waals surface area contributed by atoms with Gasteiger partial charge in [0.2, 0.25) is 0 Å². The molecule has 0 aliphatic heterocycles. The number of likely N-dealkylation sites (N-methyl/N-ethyl adjacent to an activating group) is 1. The monoisotopic (exact) mass is 244 g/mol. The Morgan fingerprint density at radius 2 is 1.88 bits per heavy atom. The number of hydrogen-bond donors (Lipinski definition) is 3. The number of hydrogen-bond acceptors (Lipinski definition) is 3. The fraction of sp³-hybridized carbons (Fsp3) is 0.500. The third kappa shape index (κ3) is 6.18. The molecule has 0 aliphatic rings. The minimum Gasteiger partial charge on any atom is -0.481 e. The van der Waals surface area contributed by atoms with Crippen molar-refractivity contribution in [2.45, 2.75) is 19.4 Å². The van der Waals surface area contributed by atoms with Gasteiger partial charge in [0.15, 0.2) is 0 Å². The molecule has 0 rings (SSSR count). The molecule has 0 aliphatic carbocycles. The van der Waals surface area contributed by atoms with Crippen molar-refractivity contribution < 1.29 is 24.6 Å². The van der Waals surface area contributed by atoms with E-state index in [4.69, 9.17) is 10.2 Å². The number of nitrogens with one attached hydrogen (secondary N) is 1. The van der Waals surface area contributed by atoms with Crippen molar-refractivity contribution in [2.75, 3.05) is 13.6 Å². The molecule has 3 N–H and O–H groups in total. The number of nitrogens with zero attached hydrogens (tertiary/aromatic N) is 1. The third-order valence-electron chi connectivity index (χ3n) is 1.83. The standard InChI is InChI=1S/C10H16N2O5/c1-6(2)5-12(3)10(17)11-7(9(15)16)4-8(13)14/h7H,1,4-5H2,2-3H3,(H,11,17)(H,13,14)(H,15,16)/t7-/m1/s1. The van der Waals surface area contributed by atoms with Crippen LogP contribution in [0.3, 0.4) is 0 Å². The summed E-state index contributed by atoms with van der Waals surface area (Å²) in [6.07, 6.45) is -0.665. The summed E-state index contributed by atoms with van der Waals surface area (Å²) in [5.41, 5.74) is 0.729. The highest BCUT2D eigenvalue weighted by atomic mass is 16.4. The Balaban J connectivity index is 4.44. The second-order valence-electron chi connectivity index (χ2n) is 3.75. The Morgan fingerprint density at radius 3 is 2.24 bits per heavy atom. The van der Waals surface area contributed by atoms with Crippen molar-refractivity contribution in [2.24, 2.45) is 0 Å². The molecule has 0 spiro atoms. The molecule has 0 aromatic rings. The molecule has 7 heteroatoms. The highest BCUT2D eigenvalue weighted by Gasteiger charge is 2.24. The lowest BCUT2D eigenvalue weighted by atomic mass is 10.2. The molecule has 96 valence electrons. The van der Waals surface area contributed by atoms with Gasteiger partial charge in [0, 0.05) is 13.6 Å². The van der Waals surface area contributed by atoms with E-state index in [1.165, 1.54) is 11.9 Å². The van der Waals surface area contributed by atoms with Gasteiger partial charge in [-0.25, -0.2) is 9.59 Å². The Kier molecular flexibility index (Phi) is 5.73. The predicted molar refractivity (Wildman–Crippen MR) is 59.7 cm³/mol. The zero-order chi connectivity index (χ0) is 13.6. The van der Waals surface area contributed by atoms with Gasteiger partial charge in [-0.2, -0.15) is 0 Å². The van der Waals surface area contributed by atoms with Crippen LogP contribution in [0.2, 0.25) is 0 Å². The minimum atomic E-state index is -1.44. The summed E-state index contributed by atoms with van der Waals surface area (Å²) in [5, 5.41) is 19.3. The lowest BCUT2D eigenvalue weighted by Gasteiger charge is -2.20. The van der Waals surface area contributed by atoms with E-state index in [1.54, 1.807) is 6.92 Å². The lowest BCUT2D eigenvalue weighted by molar-refractivity contribution is -0.145. The topological polar surface area (TPSA) is 107 Å². The van der Waals surface area contributed by atoms with E-state index in [1.807, 2.05) is 0 Å². The number of carboxylic acids is 2. The summed E-state index contributed by atoms with van der Waals surface area (Å²) >= 11 is 0. The van der Waals surface area contributed by atoms with Crippen LogP contribution >= 0.6 is 0 Å². The van der Waals surface area contributed by atoms with Crippen LogP contribution in [0.4, 0.5) is 4.79 Å². The highest BCUT2D eigenvalue weighted by Crippen LogP contribution is 1.97. The number of carbonyl (C=O) groups is 3. The second kappa shape index (κ2) is 6.51. The van der Waals surface area contributed by atoms with Crippen LogP contribution in [0.15, 0.2) is 12.2 Å². The maximum atomic E-state index is 11.5. The molecule has 17 heavy (non-hydrogen) atoms. The van der Waals surface area contributed by atoms with Crippen LogP contribution in [-0.2, 0) is 9.59 Å². The summed E-state index contributed by atoms with van der Waals surface area (Å²) in [6, 6.07) is -2.09. The van der Waals surface area contributed by atoms with Crippen LogP contribution < -0.4 is 5.32 Å². The van der Waals surface area contributed by atoms with Crippen molar-refractivity contribution in [3.8, 4) is 0 Å². The Labute approximate surface area is 98.7 Å². The molecule has 2 amide bonds. The van der Waals surface area contributed by atoms with Gasteiger partial charge >= 0.3 is 18.0 Å². The molecule has 7 nitrogen and oxygen atoms in total. The van der Waals surface area contributed by atoms with Gasteiger partial charge in [0.05, 0.1) is 6.42 Å². The summed E-state index contributed by atoms with van der Waals surface area (Å²) < 4.78 is 0. The maximum absolute atomic E-state index is 11.5. The van der Waals surface area contributed by atoms with Gasteiger partial charge in [-0.3, -0.25) is 4.79 Å². The smallest absolute Gasteiger partial charge is 0.326 e. The second-order valence-corrected chi connectivity index (χ2v) is 3.75. The zero-order valence-corrected chi connectivity index (χ0v) is 9.77. The minimum absolute atomic E-state index is 0.269. The molecule has 0 radical (unpaired) electrons. The van der Waals surface area contributed by atoms with Crippen molar-refractivity contribution >= 4 is 18.0 Å². The van der Waals surface area contributed by atoms with Crippen molar-refractivity contribution in [1.82, 2.24) is 10.2 Å². The van der Waals surface area contributed by atoms with E-state index in [0.717, 1.165) is 5.57 Å². The number of rotatable bonds is 6. The van der Waals surface area contributed by atoms with Gasteiger partial charge in [-0.1, -0.05) is 12.2 Å².